The fourth-order valence-corrected chi connectivity index (χ4v) is 4.04. The molecule has 6 heteroatoms. The molecule has 3 rings (SSSR count). The number of piperidine rings is 1. The van der Waals surface area contributed by atoms with Crippen LogP contribution in [0.2, 0.25) is 0 Å². The highest BCUT2D eigenvalue weighted by molar-refractivity contribution is 5.89. The molecule has 27 heavy (non-hydrogen) atoms. The molecule has 1 heterocycles. The van der Waals surface area contributed by atoms with Crippen LogP contribution in [0.4, 0.5) is 4.79 Å². The van der Waals surface area contributed by atoms with E-state index >= 15 is 0 Å². The molecule has 0 bridgehead atoms. The first kappa shape index (κ1) is 19.4. The van der Waals surface area contributed by atoms with Gasteiger partial charge in [0.25, 0.3) is 0 Å². The van der Waals surface area contributed by atoms with Crippen molar-refractivity contribution in [3.05, 3.63) is 35.4 Å². The van der Waals surface area contributed by atoms with Crippen molar-refractivity contribution < 1.29 is 23.9 Å². The summed E-state index contributed by atoms with van der Waals surface area (Å²) in [7, 11) is 1.35. The number of Topliss-reactive ketones (excluding diaryl/α,β-unsaturated/α-hetero) is 1. The second kappa shape index (κ2) is 6.98. The van der Waals surface area contributed by atoms with Crippen molar-refractivity contribution in [2.24, 2.45) is 5.41 Å². The minimum Gasteiger partial charge on any atom is -0.465 e. The molecular weight excluding hydrogens is 346 g/mol. The monoisotopic (exact) mass is 373 g/mol. The summed E-state index contributed by atoms with van der Waals surface area (Å²) in [4.78, 5) is 37.8. The van der Waals surface area contributed by atoms with Crippen LogP contribution in [0.25, 0.3) is 0 Å². The zero-order valence-electron chi connectivity index (χ0n) is 16.4. The molecule has 1 atom stereocenters. The van der Waals surface area contributed by atoms with Crippen molar-refractivity contribution in [3.8, 4) is 0 Å². The molecule has 1 saturated carbocycles. The van der Waals surface area contributed by atoms with Crippen LogP contribution in [0.1, 0.15) is 68.4 Å². The van der Waals surface area contributed by atoms with Gasteiger partial charge in [-0.1, -0.05) is 12.1 Å². The van der Waals surface area contributed by atoms with Gasteiger partial charge in [0.2, 0.25) is 0 Å². The van der Waals surface area contributed by atoms with Gasteiger partial charge in [-0.3, -0.25) is 4.79 Å². The number of carbonyl (C=O) groups excluding carboxylic acids is 3. The number of hydrogen-bond donors (Lipinski definition) is 0. The average Bonchev–Trinajstić information content (AvgIpc) is 2.58. The summed E-state index contributed by atoms with van der Waals surface area (Å²) < 4.78 is 10.3. The predicted octanol–water partition coefficient (Wildman–Crippen LogP) is 3.89. The van der Waals surface area contributed by atoms with Crippen LogP contribution in [0.3, 0.4) is 0 Å². The quantitative estimate of drug-likeness (QED) is 0.735. The first-order valence-electron chi connectivity index (χ1n) is 9.32. The summed E-state index contributed by atoms with van der Waals surface area (Å²) in [5.41, 5.74) is 0.820. The van der Waals surface area contributed by atoms with E-state index in [0.29, 0.717) is 30.7 Å². The van der Waals surface area contributed by atoms with Crippen molar-refractivity contribution in [1.82, 2.24) is 4.90 Å². The van der Waals surface area contributed by atoms with Gasteiger partial charge in [0.1, 0.15) is 11.4 Å². The lowest BCUT2D eigenvalue weighted by molar-refractivity contribution is -0.137. The first-order chi connectivity index (χ1) is 12.6. The molecule has 0 aromatic heterocycles. The lowest BCUT2D eigenvalue weighted by Gasteiger charge is -2.50. The predicted molar refractivity (Wildman–Crippen MR) is 99.4 cm³/mol. The maximum absolute atomic E-state index is 12.8. The molecule has 6 nitrogen and oxygen atoms in total. The Bertz CT molecular complexity index is 739. The minimum atomic E-state index is -0.571. The van der Waals surface area contributed by atoms with E-state index in [9.17, 15) is 14.4 Å². The third-order valence-electron chi connectivity index (χ3n) is 5.37. The molecule has 1 aliphatic heterocycles. The largest absolute Gasteiger partial charge is 0.465 e. The number of hydrogen-bond acceptors (Lipinski definition) is 5. The third kappa shape index (κ3) is 4.15. The molecule has 2 fully saturated rings. The van der Waals surface area contributed by atoms with E-state index in [1.165, 1.54) is 7.11 Å². The number of nitrogens with zero attached hydrogens (tertiary/aromatic N) is 1. The Morgan fingerprint density at radius 1 is 1.15 bits per heavy atom. The molecule has 0 radical (unpaired) electrons. The minimum absolute atomic E-state index is 0.0126. The summed E-state index contributed by atoms with van der Waals surface area (Å²) in [6.45, 7) is 6.11. The molecule has 1 unspecified atom stereocenters. The Morgan fingerprint density at radius 2 is 1.78 bits per heavy atom. The Hall–Kier alpha value is -2.37. The van der Waals surface area contributed by atoms with E-state index in [0.717, 1.165) is 18.4 Å². The van der Waals surface area contributed by atoms with Gasteiger partial charge in [-0.25, -0.2) is 9.59 Å². The Kier molecular flexibility index (Phi) is 5.02. The van der Waals surface area contributed by atoms with Crippen LogP contribution in [0.15, 0.2) is 24.3 Å². The number of ether oxygens (including phenoxy) is 2. The maximum atomic E-state index is 12.8. The van der Waals surface area contributed by atoms with E-state index in [1.807, 2.05) is 32.9 Å². The first-order valence-corrected chi connectivity index (χ1v) is 9.32. The highest BCUT2D eigenvalue weighted by Crippen LogP contribution is 2.52. The SMILES string of the molecule is COC(=O)c1ccc(C2CC3(CCN2C(=O)OC(C)(C)C)CC(=O)C3)cc1. The van der Waals surface area contributed by atoms with Gasteiger partial charge in [0, 0.05) is 19.4 Å². The molecule has 146 valence electrons. The van der Waals surface area contributed by atoms with Gasteiger partial charge in [-0.15, -0.1) is 0 Å². The summed E-state index contributed by atoms with van der Waals surface area (Å²) >= 11 is 0. The number of esters is 1. The molecule has 1 spiro atoms. The van der Waals surface area contributed by atoms with Gasteiger partial charge < -0.3 is 14.4 Å². The van der Waals surface area contributed by atoms with Gasteiger partial charge >= 0.3 is 12.1 Å². The summed E-state index contributed by atoms with van der Waals surface area (Å²) in [6.07, 6.45) is 2.38. The Labute approximate surface area is 159 Å². The van der Waals surface area contributed by atoms with Gasteiger partial charge in [-0.05, 0) is 56.7 Å². The van der Waals surface area contributed by atoms with Crippen LogP contribution in [0.5, 0.6) is 0 Å². The van der Waals surface area contributed by atoms with Crippen molar-refractivity contribution in [3.63, 3.8) is 0 Å². The number of amides is 1. The fraction of sp³-hybridized carbons (Fsp3) is 0.571. The Morgan fingerprint density at radius 3 is 2.30 bits per heavy atom. The molecule has 1 amide bonds. The van der Waals surface area contributed by atoms with Crippen LogP contribution in [-0.4, -0.2) is 42.0 Å². The topological polar surface area (TPSA) is 72.9 Å². The van der Waals surface area contributed by atoms with E-state index in [2.05, 4.69) is 0 Å². The standard InChI is InChI=1S/C21H27NO5/c1-20(2,3)27-19(25)22-10-9-21(11-16(23)12-21)13-17(22)14-5-7-15(8-6-14)18(24)26-4/h5-8,17H,9-13H2,1-4H3. The highest BCUT2D eigenvalue weighted by atomic mass is 16.6. The zero-order chi connectivity index (χ0) is 19.8. The number of carbonyl (C=O) groups is 3. The average molecular weight is 373 g/mol. The van der Waals surface area contributed by atoms with Crippen molar-refractivity contribution in [2.75, 3.05) is 13.7 Å². The normalized spacial score (nSPS) is 21.6. The third-order valence-corrected chi connectivity index (χ3v) is 5.37. The number of likely N-dealkylation sites (tertiary alicyclic amines) is 1. The van der Waals surface area contributed by atoms with Gasteiger partial charge in [0.05, 0.1) is 18.7 Å². The summed E-state index contributed by atoms with van der Waals surface area (Å²) in [5, 5.41) is 0. The second-order valence-corrected chi connectivity index (χ2v) is 8.65. The van der Waals surface area contributed by atoms with Crippen LogP contribution < -0.4 is 0 Å². The van der Waals surface area contributed by atoms with E-state index in [-0.39, 0.29) is 17.6 Å². The van der Waals surface area contributed by atoms with E-state index in [4.69, 9.17) is 9.47 Å². The lowest BCUT2D eigenvalue weighted by Crippen LogP contribution is -2.51. The Balaban J connectivity index is 1.86. The smallest absolute Gasteiger partial charge is 0.410 e. The van der Waals surface area contributed by atoms with Crippen molar-refractivity contribution in [1.29, 1.82) is 0 Å². The molecule has 2 aliphatic rings. The number of benzene rings is 1. The summed E-state index contributed by atoms with van der Waals surface area (Å²) in [6, 6.07) is 6.96. The van der Waals surface area contributed by atoms with E-state index in [1.54, 1.807) is 17.0 Å². The lowest BCUT2D eigenvalue weighted by atomic mass is 9.60. The van der Waals surface area contributed by atoms with Crippen LogP contribution in [-0.2, 0) is 14.3 Å². The zero-order valence-corrected chi connectivity index (χ0v) is 16.4. The van der Waals surface area contributed by atoms with E-state index < -0.39 is 11.6 Å². The van der Waals surface area contributed by atoms with Gasteiger partial charge in [0.15, 0.2) is 0 Å². The maximum Gasteiger partial charge on any atom is 0.410 e. The molecule has 1 aliphatic carbocycles. The number of methoxy groups -OCH3 is 1. The molecule has 1 aromatic rings. The second-order valence-electron chi connectivity index (χ2n) is 8.65. The van der Waals surface area contributed by atoms with Crippen molar-refractivity contribution >= 4 is 17.8 Å². The number of rotatable bonds is 2. The van der Waals surface area contributed by atoms with Crippen LogP contribution in [0, 0.1) is 5.41 Å². The number of ketones is 1. The van der Waals surface area contributed by atoms with Gasteiger partial charge in [-0.2, -0.15) is 0 Å². The summed E-state index contributed by atoms with van der Waals surface area (Å²) in [5.74, 6) is -0.101. The molecular formula is C21H27NO5. The fourth-order valence-electron chi connectivity index (χ4n) is 4.04. The highest BCUT2D eigenvalue weighted by Gasteiger charge is 2.50. The van der Waals surface area contributed by atoms with Crippen LogP contribution >= 0.6 is 0 Å². The molecule has 1 aromatic carbocycles. The molecule has 1 saturated heterocycles. The van der Waals surface area contributed by atoms with Crippen molar-refractivity contribution in [2.45, 2.75) is 58.1 Å². The molecule has 0 N–H and O–H groups in total.